The van der Waals surface area contributed by atoms with Crippen molar-refractivity contribution in [3.63, 3.8) is 0 Å². The molecule has 0 atom stereocenters. The maximum absolute atomic E-state index is 13.3. The third-order valence-corrected chi connectivity index (χ3v) is 4.64. The van der Waals surface area contributed by atoms with E-state index < -0.39 is 0 Å². The summed E-state index contributed by atoms with van der Waals surface area (Å²) in [5.74, 6) is 1.33. The van der Waals surface area contributed by atoms with Gasteiger partial charge < -0.3 is 19.4 Å². The van der Waals surface area contributed by atoms with Gasteiger partial charge in [0.2, 0.25) is 0 Å². The number of carbonyl (C=O) groups excluding carboxylic acids is 1. The predicted molar refractivity (Wildman–Crippen MR) is 116 cm³/mol. The van der Waals surface area contributed by atoms with Gasteiger partial charge in [-0.1, -0.05) is 12.1 Å². The lowest BCUT2D eigenvalue weighted by molar-refractivity contribution is 0.0684. The Hall–Kier alpha value is -3.35. The van der Waals surface area contributed by atoms with Crippen LogP contribution in [0.25, 0.3) is 10.9 Å². The van der Waals surface area contributed by atoms with Crippen molar-refractivity contribution >= 4 is 16.8 Å². The average Bonchev–Trinajstić information content (AvgIpc) is 2.71. The molecule has 7 nitrogen and oxygen atoms in total. The lowest BCUT2D eigenvalue weighted by Crippen LogP contribution is -2.37. The number of H-pyrrole nitrogens is 1. The minimum Gasteiger partial charge on any atom is -0.493 e. The van der Waals surface area contributed by atoms with Crippen LogP contribution >= 0.6 is 0 Å². The number of aromatic nitrogens is 2. The fraction of sp³-hybridized carbons (Fsp3) is 0.348. The zero-order valence-corrected chi connectivity index (χ0v) is 17.9. The predicted octanol–water partition coefficient (Wildman–Crippen LogP) is 3.77. The molecule has 0 unspecified atom stereocenters. The summed E-state index contributed by atoms with van der Waals surface area (Å²) >= 11 is 0. The van der Waals surface area contributed by atoms with Crippen molar-refractivity contribution in [2.75, 3.05) is 7.11 Å². The Morgan fingerprint density at radius 1 is 1.10 bits per heavy atom. The smallest absolute Gasteiger partial charge is 0.258 e. The molecule has 0 fully saturated rings. The van der Waals surface area contributed by atoms with E-state index >= 15 is 0 Å². The summed E-state index contributed by atoms with van der Waals surface area (Å²) in [6, 6.07) is 12.2. The molecule has 1 heterocycles. The summed E-state index contributed by atoms with van der Waals surface area (Å²) < 4.78 is 11.1. The highest BCUT2D eigenvalue weighted by atomic mass is 16.5. The van der Waals surface area contributed by atoms with Gasteiger partial charge in [-0.25, -0.2) is 4.98 Å². The molecule has 0 radical (unpaired) electrons. The minimum absolute atomic E-state index is 0.0107. The number of para-hydroxylation sites is 1. The Morgan fingerprint density at radius 2 is 1.83 bits per heavy atom. The highest BCUT2D eigenvalue weighted by Gasteiger charge is 2.22. The van der Waals surface area contributed by atoms with E-state index in [1.54, 1.807) is 48.4 Å². The number of benzene rings is 2. The number of ether oxygens (including phenoxy) is 2. The van der Waals surface area contributed by atoms with Crippen LogP contribution in [0.1, 0.15) is 43.9 Å². The van der Waals surface area contributed by atoms with Crippen LogP contribution in [0.5, 0.6) is 11.5 Å². The molecule has 1 amide bonds. The standard InChI is InChI=1S/C23H27N3O4/c1-14(2)26(13-21-24-18-9-7-6-8-17(18)22(27)25-21)23(28)16-10-11-19(30-15(3)4)20(12-16)29-5/h6-12,14-15H,13H2,1-5H3,(H,24,25,27). The summed E-state index contributed by atoms with van der Waals surface area (Å²) in [5, 5.41) is 0.522. The van der Waals surface area contributed by atoms with Gasteiger partial charge in [-0.05, 0) is 58.0 Å². The molecule has 30 heavy (non-hydrogen) atoms. The summed E-state index contributed by atoms with van der Waals surface area (Å²) in [6.45, 7) is 7.88. The summed E-state index contributed by atoms with van der Waals surface area (Å²) in [6.07, 6.45) is -0.0107. The first-order valence-corrected chi connectivity index (χ1v) is 9.93. The second-order valence-corrected chi connectivity index (χ2v) is 7.59. The van der Waals surface area contributed by atoms with E-state index in [2.05, 4.69) is 9.97 Å². The van der Waals surface area contributed by atoms with E-state index in [1.165, 1.54) is 0 Å². The van der Waals surface area contributed by atoms with Crippen LogP contribution < -0.4 is 15.0 Å². The van der Waals surface area contributed by atoms with Gasteiger partial charge in [-0.2, -0.15) is 0 Å². The number of amides is 1. The Morgan fingerprint density at radius 3 is 2.50 bits per heavy atom. The molecular weight excluding hydrogens is 382 g/mol. The Labute approximate surface area is 175 Å². The topological polar surface area (TPSA) is 84.5 Å². The van der Waals surface area contributed by atoms with Gasteiger partial charge in [0.1, 0.15) is 5.82 Å². The molecule has 0 aliphatic heterocycles. The van der Waals surface area contributed by atoms with Crippen molar-refractivity contribution < 1.29 is 14.3 Å². The minimum atomic E-state index is -0.219. The Kier molecular flexibility index (Phi) is 6.40. The first kappa shape index (κ1) is 21.4. The zero-order valence-electron chi connectivity index (χ0n) is 17.9. The third kappa shape index (κ3) is 4.62. The van der Waals surface area contributed by atoms with Crippen LogP contribution in [0.3, 0.4) is 0 Å². The number of aromatic amines is 1. The molecule has 158 valence electrons. The van der Waals surface area contributed by atoms with E-state index in [0.717, 1.165) is 0 Å². The van der Waals surface area contributed by atoms with Crippen LogP contribution in [0.4, 0.5) is 0 Å². The van der Waals surface area contributed by atoms with Crippen molar-refractivity contribution in [2.24, 2.45) is 0 Å². The fourth-order valence-electron chi connectivity index (χ4n) is 3.18. The Bertz CT molecular complexity index is 1110. The summed E-state index contributed by atoms with van der Waals surface area (Å²) in [5.41, 5.74) is 0.854. The van der Waals surface area contributed by atoms with Gasteiger partial charge in [0.15, 0.2) is 11.5 Å². The number of hydrogen-bond donors (Lipinski definition) is 1. The molecule has 0 aliphatic rings. The fourth-order valence-corrected chi connectivity index (χ4v) is 3.18. The monoisotopic (exact) mass is 409 g/mol. The first-order chi connectivity index (χ1) is 14.3. The maximum Gasteiger partial charge on any atom is 0.258 e. The van der Waals surface area contributed by atoms with Crippen molar-refractivity contribution in [1.29, 1.82) is 0 Å². The van der Waals surface area contributed by atoms with Gasteiger partial charge in [-0.3, -0.25) is 9.59 Å². The number of methoxy groups -OCH3 is 1. The maximum atomic E-state index is 13.3. The van der Waals surface area contributed by atoms with Gasteiger partial charge in [-0.15, -0.1) is 0 Å². The van der Waals surface area contributed by atoms with Crippen LogP contribution in [0.15, 0.2) is 47.3 Å². The molecule has 1 aromatic heterocycles. The van der Waals surface area contributed by atoms with E-state index in [0.29, 0.717) is 33.8 Å². The van der Waals surface area contributed by atoms with Crippen LogP contribution in [-0.4, -0.2) is 40.0 Å². The largest absolute Gasteiger partial charge is 0.493 e. The Balaban J connectivity index is 1.91. The van der Waals surface area contributed by atoms with Gasteiger partial charge in [0.25, 0.3) is 11.5 Å². The van der Waals surface area contributed by atoms with Gasteiger partial charge in [0, 0.05) is 11.6 Å². The number of rotatable bonds is 7. The number of nitrogens with one attached hydrogen (secondary N) is 1. The summed E-state index contributed by atoms with van der Waals surface area (Å²) in [4.78, 5) is 34.6. The molecule has 7 heteroatoms. The van der Waals surface area contributed by atoms with Crippen LogP contribution in [0.2, 0.25) is 0 Å². The number of hydrogen-bond acceptors (Lipinski definition) is 5. The highest BCUT2D eigenvalue weighted by Crippen LogP contribution is 2.29. The van der Waals surface area contributed by atoms with Gasteiger partial charge >= 0.3 is 0 Å². The van der Waals surface area contributed by atoms with Crippen LogP contribution in [-0.2, 0) is 6.54 Å². The van der Waals surface area contributed by atoms with E-state index in [1.807, 2.05) is 33.8 Å². The van der Waals surface area contributed by atoms with Crippen molar-refractivity contribution in [2.45, 2.75) is 46.4 Å². The third-order valence-electron chi connectivity index (χ3n) is 4.64. The van der Waals surface area contributed by atoms with Crippen molar-refractivity contribution in [3.8, 4) is 11.5 Å². The molecule has 0 saturated carbocycles. The number of fused-ring (bicyclic) bond motifs is 1. The zero-order chi connectivity index (χ0) is 21.8. The second-order valence-electron chi connectivity index (χ2n) is 7.59. The molecule has 0 spiro atoms. The lowest BCUT2D eigenvalue weighted by atomic mass is 10.1. The molecule has 0 saturated heterocycles. The molecular formula is C23H27N3O4. The van der Waals surface area contributed by atoms with Gasteiger partial charge in [0.05, 0.1) is 30.7 Å². The average molecular weight is 409 g/mol. The van der Waals surface area contributed by atoms with Crippen LogP contribution in [0, 0.1) is 0 Å². The molecule has 3 aromatic rings. The first-order valence-electron chi connectivity index (χ1n) is 9.93. The molecule has 0 bridgehead atoms. The van der Waals surface area contributed by atoms with E-state index in [-0.39, 0.29) is 30.2 Å². The van der Waals surface area contributed by atoms with E-state index in [4.69, 9.17) is 9.47 Å². The normalized spacial score (nSPS) is 11.2. The van der Waals surface area contributed by atoms with Crippen molar-refractivity contribution in [1.82, 2.24) is 14.9 Å². The quantitative estimate of drug-likeness (QED) is 0.642. The second kappa shape index (κ2) is 8.98. The lowest BCUT2D eigenvalue weighted by Gasteiger charge is -2.27. The van der Waals surface area contributed by atoms with E-state index in [9.17, 15) is 9.59 Å². The highest BCUT2D eigenvalue weighted by molar-refractivity contribution is 5.95. The number of nitrogens with zero attached hydrogens (tertiary/aromatic N) is 2. The summed E-state index contributed by atoms with van der Waals surface area (Å²) in [7, 11) is 1.54. The molecule has 3 rings (SSSR count). The van der Waals surface area contributed by atoms with Crippen molar-refractivity contribution in [3.05, 3.63) is 64.2 Å². The molecule has 1 N–H and O–H groups in total. The molecule has 2 aromatic carbocycles. The molecule has 0 aliphatic carbocycles. The SMILES string of the molecule is COc1cc(C(=O)N(Cc2nc3ccccc3c(=O)[nH]2)C(C)C)ccc1OC(C)C. The number of carbonyl (C=O) groups is 1.